The van der Waals surface area contributed by atoms with Crippen molar-refractivity contribution in [2.24, 2.45) is 5.92 Å². The molecule has 3 heteroatoms. The molecule has 2 nitrogen and oxygen atoms in total. The highest BCUT2D eigenvalue weighted by Crippen LogP contribution is 2.58. The Morgan fingerprint density at radius 2 is 1.03 bits per heavy atom. The highest BCUT2D eigenvalue weighted by molar-refractivity contribution is 8.01. The van der Waals surface area contributed by atoms with E-state index in [0.717, 1.165) is 16.7 Å². The molecule has 0 amide bonds. The molecule has 4 atom stereocenters. The Hall–Kier alpha value is -3.43. The summed E-state index contributed by atoms with van der Waals surface area (Å²) < 4.78 is 0. The molecular weight excluding hydrogens is 448 g/mol. The van der Waals surface area contributed by atoms with Gasteiger partial charge in [0, 0.05) is 28.2 Å². The van der Waals surface area contributed by atoms with E-state index in [1.54, 1.807) is 11.8 Å². The summed E-state index contributed by atoms with van der Waals surface area (Å²) in [5.41, 5.74) is 5.86. The Kier molecular flexibility index (Phi) is 6.70. The molecule has 35 heavy (non-hydrogen) atoms. The van der Waals surface area contributed by atoms with Crippen LogP contribution >= 0.6 is 11.8 Å². The van der Waals surface area contributed by atoms with E-state index >= 15 is 0 Å². The number of carbonyl (C=O) groups is 2. The van der Waals surface area contributed by atoms with E-state index in [4.69, 9.17) is 0 Å². The second-order valence-corrected chi connectivity index (χ2v) is 10.6. The molecule has 1 fully saturated rings. The second-order valence-electron chi connectivity index (χ2n) is 9.31. The fourth-order valence-corrected chi connectivity index (χ4v) is 6.85. The SMILES string of the molecule is Cc1ccc(C2SC(C(=O)c3ccccc3)C(c3ccc(C)cc3)C2C(=O)c2ccccc2)cc1. The third kappa shape index (κ3) is 4.74. The summed E-state index contributed by atoms with van der Waals surface area (Å²) in [7, 11) is 0. The van der Waals surface area contributed by atoms with Gasteiger partial charge in [0.15, 0.2) is 11.6 Å². The summed E-state index contributed by atoms with van der Waals surface area (Å²) in [6.45, 7) is 4.12. The lowest BCUT2D eigenvalue weighted by Gasteiger charge is -2.25. The van der Waals surface area contributed by atoms with Crippen LogP contribution in [0.1, 0.15) is 54.1 Å². The maximum atomic E-state index is 14.1. The van der Waals surface area contributed by atoms with Crippen LogP contribution in [0.25, 0.3) is 0 Å². The summed E-state index contributed by atoms with van der Waals surface area (Å²) in [5.74, 6) is -0.406. The summed E-state index contributed by atoms with van der Waals surface area (Å²) in [6.07, 6.45) is 0. The molecular formula is C32H28O2S. The largest absolute Gasteiger partial charge is 0.294 e. The molecule has 1 aliphatic rings. The second kappa shape index (κ2) is 10.1. The van der Waals surface area contributed by atoms with Crippen molar-refractivity contribution in [3.05, 3.63) is 143 Å². The molecule has 4 aromatic rings. The van der Waals surface area contributed by atoms with Crippen LogP contribution in [0, 0.1) is 19.8 Å². The lowest BCUT2D eigenvalue weighted by atomic mass is 9.75. The van der Waals surface area contributed by atoms with Crippen LogP contribution in [0.4, 0.5) is 0 Å². The predicted molar refractivity (Wildman–Crippen MR) is 144 cm³/mol. The Bertz CT molecular complexity index is 1310. The smallest absolute Gasteiger partial charge is 0.176 e. The first kappa shape index (κ1) is 23.3. The highest BCUT2D eigenvalue weighted by atomic mass is 32.2. The fourth-order valence-electron chi connectivity index (χ4n) is 5.00. The van der Waals surface area contributed by atoms with E-state index < -0.39 is 0 Å². The van der Waals surface area contributed by atoms with Gasteiger partial charge < -0.3 is 0 Å². The zero-order valence-electron chi connectivity index (χ0n) is 19.9. The average molecular weight is 477 g/mol. The van der Waals surface area contributed by atoms with E-state index in [2.05, 4.69) is 62.4 Å². The molecule has 0 N–H and O–H groups in total. The van der Waals surface area contributed by atoms with Crippen LogP contribution in [0.2, 0.25) is 0 Å². The van der Waals surface area contributed by atoms with E-state index in [0.29, 0.717) is 11.1 Å². The van der Waals surface area contributed by atoms with Crippen LogP contribution in [0.15, 0.2) is 109 Å². The van der Waals surface area contributed by atoms with Crippen molar-refractivity contribution >= 4 is 23.3 Å². The van der Waals surface area contributed by atoms with Crippen LogP contribution < -0.4 is 0 Å². The molecule has 5 rings (SSSR count). The van der Waals surface area contributed by atoms with Crippen LogP contribution in [0.3, 0.4) is 0 Å². The zero-order valence-corrected chi connectivity index (χ0v) is 20.7. The lowest BCUT2D eigenvalue weighted by molar-refractivity contribution is 0.0890. The number of rotatable bonds is 6. The third-order valence-corrected chi connectivity index (χ3v) is 8.54. The molecule has 0 bridgehead atoms. The summed E-state index contributed by atoms with van der Waals surface area (Å²) in [5, 5.41) is -0.476. The molecule has 0 aliphatic carbocycles. The fraction of sp³-hybridized carbons (Fsp3) is 0.188. The first-order valence-corrected chi connectivity index (χ1v) is 12.9. The Balaban J connectivity index is 1.66. The van der Waals surface area contributed by atoms with Crippen molar-refractivity contribution in [1.29, 1.82) is 0 Å². The molecule has 4 aromatic carbocycles. The number of aryl methyl sites for hydroxylation is 2. The normalized spacial score (nSPS) is 21.5. The van der Waals surface area contributed by atoms with Gasteiger partial charge in [-0.3, -0.25) is 9.59 Å². The van der Waals surface area contributed by atoms with Crippen LogP contribution in [-0.2, 0) is 0 Å². The monoisotopic (exact) mass is 476 g/mol. The molecule has 0 spiro atoms. The molecule has 1 heterocycles. The minimum atomic E-state index is -0.357. The third-order valence-electron chi connectivity index (χ3n) is 6.88. The first-order valence-electron chi connectivity index (χ1n) is 12.0. The maximum absolute atomic E-state index is 14.1. The lowest BCUT2D eigenvalue weighted by Crippen LogP contribution is -2.29. The summed E-state index contributed by atoms with van der Waals surface area (Å²) in [6, 6.07) is 35.7. The molecule has 174 valence electrons. The van der Waals surface area contributed by atoms with Crippen molar-refractivity contribution in [2.75, 3.05) is 0 Å². The van der Waals surface area contributed by atoms with E-state index in [1.165, 1.54) is 5.56 Å². The van der Waals surface area contributed by atoms with Crippen molar-refractivity contribution in [1.82, 2.24) is 0 Å². The number of carbonyl (C=O) groups excluding carboxylic acids is 2. The number of thioether (sulfide) groups is 1. The van der Waals surface area contributed by atoms with Gasteiger partial charge in [0.1, 0.15) is 0 Å². The van der Waals surface area contributed by atoms with Crippen molar-refractivity contribution in [3.8, 4) is 0 Å². The van der Waals surface area contributed by atoms with E-state index in [1.807, 2.05) is 60.7 Å². The van der Waals surface area contributed by atoms with Gasteiger partial charge in [-0.1, -0.05) is 120 Å². The molecule has 0 saturated carbocycles. The van der Waals surface area contributed by atoms with Crippen LogP contribution in [0.5, 0.6) is 0 Å². The van der Waals surface area contributed by atoms with E-state index in [9.17, 15) is 9.59 Å². The average Bonchev–Trinajstić information content (AvgIpc) is 3.30. The summed E-state index contributed by atoms with van der Waals surface area (Å²) in [4.78, 5) is 28.0. The first-order chi connectivity index (χ1) is 17.0. The topological polar surface area (TPSA) is 34.1 Å². The quantitative estimate of drug-likeness (QED) is 0.268. The Labute approximate surface area is 211 Å². The van der Waals surface area contributed by atoms with Gasteiger partial charge in [0.05, 0.1) is 5.25 Å². The standard InChI is InChI=1S/C32H28O2S/c1-21-13-17-23(18-14-21)27-28(29(33)24-9-5-3-6-10-24)31(26-19-15-22(2)16-20-26)35-32(27)30(34)25-11-7-4-8-12-25/h3-20,27-28,31-32H,1-2H3. The highest BCUT2D eigenvalue weighted by Gasteiger charge is 2.51. The number of benzene rings is 4. The minimum Gasteiger partial charge on any atom is -0.294 e. The van der Waals surface area contributed by atoms with Gasteiger partial charge >= 0.3 is 0 Å². The van der Waals surface area contributed by atoms with Gasteiger partial charge in [0.25, 0.3) is 0 Å². The molecule has 0 radical (unpaired) electrons. The molecule has 0 aromatic heterocycles. The van der Waals surface area contributed by atoms with E-state index in [-0.39, 0.29) is 33.9 Å². The van der Waals surface area contributed by atoms with Crippen molar-refractivity contribution in [3.63, 3.8) is 0 Å². The summed E-state index contributed by atoms with van der Waals surface area (Å²) >= 11 is 1.64. The molecule has 4 unspecified atom stereocenters. The van der Waals surface area contributed by atoms with Crippen molar-refractivity contribution < 1.29 is 9.59 Å². The Morgan fingerprint density at radius 1 is 0.571 bits per heavy atom. The van der Waals surface area contributed by atoms with Crippen LogP contribution in [-0.4, -0.2) is 16.8 Å². The van der Waals surface area contributed by atoms with Gasteiger partial charge in [-0.05, 0) is 25.0 Å². The van der Waals surface area contributed by atoms with Gasteiger partial charge in [-0.15, -0.1) is 11.8 Å². The molecule has 1 aliphatic heterocycles. The predicted octanol–water partition coefficient (Wildman–Crippen LogP) is 7.63. The number of hydrogen-bond acceptors (Lipinski definition) is 3. The number of ketones is 2. The van der Waals surface area contributed by atoms with Gasteiger partial charge in [-0.25, -0.2) is 0 Å². The van der Waals surface area contributed by atoms with Crippen molar-refractivity contribution in [2.45, 2.75) is 30.3 Å². The van der Waals surface area contributed by atoms with Gasteiger partial charge in [0.2, 0.25) is 0 Å². The minimum absolute atomic E-state index is 0.0849. The Morgan fingerprint density at radius 3 is 1.54 bits per heavy atom. The number of hydrogen-bond donors (Lipinski definition) is 0. The zero-order chi connectivity index (χ0) is 24.4. The van der Waals surface area contributed by atoms with Gasteiger partial charge in [-0.2, -0.15) is 0 Å². The molecule has 1 saturated heterocycles. The maximum Gasteiger partial charge on any atom is 0.176 e. The number of Topliss-reactive ketones (excluding diaryl/α,β-unsaturated/α-hetero) is 2.